The molecular weight excluding hydrogens is 366 g/mol. The zero-order valence-electron chi connectivity index (χ0n) is 17.0. The number of hydrogen-bond acceptors (Lipinski definition) is 3. The highest BCUT2D eigenvalue weighted by atomic mass is 32.1. The third-order valence-corrected chi connectivity index (χ3v) is 5.96. The summed E-state index contributed by atoms with van der Waals surface area (Å²) < 4.78 is 6.06. The quantitative estimate of drug-likeness (QED) is 0.708. The number of amidine groups is 1. The number of para-hydroxylation sites is 1. The van der Waals surface area contributed by atoms with Crippen LogP contribution in [0.3, 0.4) is 0 Å². The van der Waals surface area contributed by atoms with Crippen molar-refractivity contribution in [2.24, 2.45) is 4.99 Å². The van der Waals surface area contributed by atoms with Crippen LogP contribution in [-0.4, -0.2) is 28.7 Å². The van der Waals surface area contributed by atoms with Gasteiger partial charge in [-0.25, -0.2) is 4.99 Å². The molecule has 2 aliphatic rings. The van der Waals surface area contributed by atoms with Crippen molar-refractivity contribution >= 4 is 34.5 Å². The highest BCUT2D eigenvalue weighted by Gasteiger charge is 2.53. The van der Waals surface area contributed by atoms with Crippen molar-refractivity contribution in [3.63, 3.8) is 0 Å². The van der Waals surface area contributed by atoms with Gasteiger partial charge >= 0.3 is 0 Å². The number of benzene rings is 2. The number of aliphatic imine (C=N–C) groups is 1. The van der Waals surface area contributed by atoms with Crippen LogP contribution < -0.4 is 10.2 Å². The molecule has 1 atom stereocenters. The van der Waals surface area contributed by atoms with Crippen molar-refractivity contribution in [1.82, 2.24) is 0 Å². The van der Waals surface area contributed by atoms with E-state index in [9.17, 15) is 0 Å². The zero-order valence-corrected chi connectivity index (χ0v) is 17.8. The van der Waals surface area contributed by atoms with Crippen LogP contribution in [0.5, 0.6) is 0 Å². The fourth-order valence-electron chi connectivity index (χ4n) is 4.31. The van der Waals surface area contributed by atoms with Crippen LogP contribution in [0.15, 0.2) is 53.5 Å². The smallest absolute Gasteiger partial charge is 0.202 e. The highest BCUT2D eigenvalue weighted by Crippen LogP contribution is 2.43. The standard InChI is InChI=1S/C23H27N3OS/c1-16-9-11-18(12-10-16)26-21(28)25-20(24-19-8-6-5-7-17(19)2)23(26)13-14-27-22(3,4)15-23/h5-12H,13-15H2,1-4H3,(H,24,25,28)/t23-/m0/s1. The topological polar surface area (TPSA) is 36.9 Å². The van der Waals surface area contributed by atoms with E-state index in [1.807, 2.05) is 12.1 Å². The van der Waals surface area contributed by atoms with Gasteiger partial charge in [-0.1, -0.05) is 35.9 Å². The number of rotatable bonds is 2. The second-order valence-corrected chi connectivity index (χ2v) is 8.79. The Hall–Kier alpha value is -2.24. The highest BCUT2D eigenvalue weighted by molar-refractivity contribution is 7.80. The molecule has 1 fully saturated rings. The molecule has 0 radical (unpaired) electrons. The Bertz CT molecular complexity index is 935. The molecule has 4 rings (SSSR count). The van der Waals surface area contributed by atoms with Crippen LogP contribution in [0, 0.1) is 13.8 Å². The lowest BCUT2D eigenvalue weighted by atomic mass is 9.79. The molecular formula is C23H27N3OS. The summed E-state index contributed by atoms with van der Waals surface area (Å²) >= 11 is 5.77. The molecule has 146 valence electrons. The molecule has 0 saturated carbocycles. The van der Waals surface area contributed by atoms with Crippen molar-refractivity contribution in [2.45, 2.75) is 51.7 Å². The minimum atomic E-state index is -0.337. The number of nitrogens with zero attached hydrogens (tertiary/aromatic N) is 2. The van der Waals surface area contributed by atoms with Gasteiger partial charge in [-0.3, -0.25) is 0 Å². The van der Waals surface area contributed by atoms with E-state index < -0.39 is 0 Å². The average Bonchev–Trinajstić information content (AvgIpc) is 2.88. The van der Waals surface area contributed by atoms with Crippen molar-refractivity contribution in [3.05, 3.63) is 59.7 Å². The summed E-state index contributed by atoms with van der Waals surface area (Å²) in [5.74, 6) is 0.920. The SMILES string of the molecule is Cc1ccc(N2C(=S)N=C(Nc3ccccc3C)[C@@]23CCOC(C)(C)C3)cc1. The third kappa shape index (κ3) is 3.33. The van der Waals surface area contributed by atoms with Crippen LogP contribution in [0.4, 0.5) is 11.4 Å². The van der Waals surface area contributed by atoms with E-state index in [2.05, 4.69) is 74.3 Å². The fraction of sp³-hybridized carbons (Fsp3) is 0.391. The Morgan fingerprint density at radius 1 is 1.07 bits per heavy atom. The molecule has 2 heterocycles. The van der Waals surface area contributed by atoms with Gasteiger partial charge in [0.05, 0.1) is 5.60 Å². The van der Waals surface area contributed by atoms with E-state index in [1.165, 1.54) is 11.1 Å². The minimum absolute atomic E-state index is 0.255. The molecule has 0 bridgehead atoms. The van der Waals surface area contributed by atoms with Gasteiger partial charge in [0.25, 0.3) is 0 Å². The Labute approximate surface area is 172 Å². The second kappa shape index (κ2) is 6.98. The van der Waals surface area contributed by atoms with Gasteiger partial charge in [-0.15, -0.1) is 0 Å². The molecule has 2 aliphatic heterocycles. The zero-order chi connectivity index (χ0) is 19.9. The van der Waals surface area contributed by atoms with Crippen molar-refractivity contribution in [2.75, 3.05) is 16.8 Å². The first-order valence-corrected chi connectivity index (χ1v) is 10.2. The van der Waals surface area contributed by atoms with E-state index in [-0.39, 0.29) is 11.1 Å². The summed E-state index contributed by atoms with van der Waals surface area (Å²) in [5, 5.41) is 4.22. The summed E-state index contributed by atoms with van der Waals surface area (Å²) in [5.41, 5.74) is 3.98. The normalized spacial score (nSPS) is 23.8. The average molecular weight is 394 g/mol. The number of aryl methyl sites for hydroxylation is 2. The van der Waals surface area contributed by atoms with E-state index in [4.69, 9.17) is 21.9 Å². The number of thiocarbonyl (C=S) groups is 1. The largest absolute Gasteiger partial charge is 0.375 e. The predicted molar refractivity (Wildman–Crippen MR) is 120 cm³/mol. The summed E-state index contributed by atoms with van der Waals surface area (Å²) in [4.78, 5) is 7.08. The lowest BCUT2D eigenvalue weighted by Crippen LogP contribution is -2.60. The monoisotopic (exact) mass is 393 g/mol. The van der Waals surface area contributed by atoms with Crippen LogP contribution in [0.2, 0.25) is 0 Å². The maximum Gasteiger partial charge on any atom is 0.202 e. The fourth-order valence-corrected chi connectivity index (χ4v) is 4.68. The van der Waals surface area contributed by atoms with Crippen LogP contribution in [-0.2, 0) is 4.74 Å². The molecule has 2 aromatic carbocycles. The van der Waals surface area contributed by atoms with E-state index in [1.54, 1.807) is 0 Å². The number of hydrogen-bond donors (Lipinski definition) is 1. The summed E-state index contributed by atoms with van der Waals surface area (Å²) in [7, 11) is 0. The first kappa shape index (κ1) is 19.1. The van der Waals surface area contributed by atoms with Crippen LogP contribution in [0.25, 0.3) is 0 Å². The lowest BCUT2D eigenvalue weighted by Gasteiger charge is -2.48. The second-order valence-electron chi connectivity index (χ2n) is 8.42. The van der Waals surface area contributed by atoms with E-state index >= 15 is 0 Å². The van der Waals surface area contributed by atoms with E-state index in [0.29, 0.717) is 11.7 Å². The van der Waals surface area contributed by atoms with Crippen molar-refractivity contribution in [1.29, 1.82) is 0 Å². The molecule has 0 aromatic heterocycles. The number of ether oxygens (including phenoxy) is 1. The van der Waals surface area contributed by atoms with Gasteiger partial charge in [0.2, 0.25) is 5.11 Å². The van der Waals surface area contributed by atoms with Crippen molar-refractivity contribution in [3.8, 4) is 0 Å². The first-order valence-electron chi connectivity index (χ1n) is 9.77. The molecule has 28 heavy (non-hydrogen) atoms. The molecule has 5 heteroatoms. The molecule has 1 spiro atoms. The Morgan fingerprint density at radius 3 is 2.46 bits per heavy atom. The Kier molecular flexibility index (Phi) is 4.76. The van der Waals surface area contributed by atoms with Gasteiger partial charge in [-0.05, 0) is 63.7 Å². The van der Waals surface area contributed by atoms with Crippen molar-refractivity contribution < 1.29 is 4.74 Å². The Balaban J connectivity index is 1.79. The molecule has 0 amide bonds. The summed E-state index contributed by atoms with van der Waals surface area (Å²) in [6, 6.07) is 16.8. The van der Waals surface area contributed by atoms with Gasteiger partial charge in [0.1, 0.15) is 11.4 Å². The summed E-state index contributed by atoms with van der Waals surface area (Å²) in [6.45, 7) is 9.17. The Morgan fingerprint density at radius 2 is 1.79 bits per heavy atom. The summed E-state index contributed by atoms with van der Waals surface area (Å²) in [6.07, 6.45) is 1.65. The van der Waals surface area contributed by atoms with Gasteiger partial charge in [0.15, 0.2) is 0 Å². The number of nitrogens with one attached hydrogen (secondary N) is 1. The molecule has 0 unspecified atom stereocenters. The lowest BCUT2D eigenvalue weighted by molar-refractivity contribution is -0.0661. The number of anilines is 2. The first-order chi connectivity index (χ1) is 13.3. The predicted octanol–water partition coefficient (Wildman–Crippen LogP) is 5.25. The van der Waals surface area contributed by atoms with Gasteiger partial charge < -0.3 is 15.0 Å². The third-order valence-electron chi connectivity index (χ3n) is 5.68. The molecule has 1 N–H and O–H groups in total. The molecule has 4 nitrogen and oxygen atoms in total. The van der Waals surface area contributed by atoms with Crippen LogP contribution >= 0.6 is 12.2 Å². The molecule has 1 saturated heterocycles. The molecule has 0 aliphatic carbocycles. The minimum Gasteiger partial charge on any atom is -0.375 e. The maximum atomic E-state index is 6.06. The van der Waals surface area contributed by atoms with Crippen LogP contribution in [0.1, 0.15) is 37.8 Å². The van der Waals surface area contributed by atoms with Gasteiger partial charge in [0, 0.05) is 30.8 Å². The molecule has 2 aromatic rings. The van der Waals surface area contributed by atoms with Gasteiger partial charge in [-0.2, -0.15) is 0 Å². The van der Waals surface area contributed by atoms with E-state index in [0.717, 1.165) is 30.1 Å². The maximum absolute atomic E-state index is 6.06.